The van der Waals surface area contributed by atoms with Crippen LogP contribution in [0.15, 0.2) is 0 Å². The third-order valence-corrected chi connectivity index (χ3v) is 1.49. The topological polar surface area (TPSA) is 80.3 Å². The summed E-state index contributed by atoms with van der Waals surface area (Å²) in [4.78, 5) is 20.3. The van der Waals surface area contributed by atoms with Crippen LogP contribution in [0.5, 0.6) is 0 Å². The number of aliphatic carboxylic acids is 2. The van der Waals surface area contributed by atoms with Gasteiger partial charge in [-0.3, -0.25) is 0 Å². The van der Waals surface area contributed by atoms with Gasteiger partial charge in [0.15, 0.2) is 0 Å². The molecule has 4 nitrogen and oxygen atoms in total. The molecule has 0 aromatic heterocycles. The van der Waals surface area contributed by atoms with Crippen LogP contribution in [0.25, 0.3) is 0 Å². The van der Waals surface area contributed by atoms with Gasteiger partial charge >= 0.3 is 0 Å². The Morgan fingerprint density at radius 3 is 1.82 bits per heavy atom. The van der Waals surface area contributed by atoms with E-state index in [-0.39, 0.29) is 5.92 Å². The molecule has 0 N–H and O–H groups in total. The average molecular weight is 158 g/mol. The number of carboxylic acid groups (broad SMARTS) is 2. The monoisotopic (exact) mass is 158 g/mol. The van der Waals surface area contributed by atoms with Crippen molar-refractivity contribution in [2.75, 3.05) is 0 Å². The quantitative estimate of drug-likeness (QED) is 0.481. The van der Waals surface area contributed by atoms with Crippen LogP contribution in [-0.4, -0.2) is 11.9 Å². The van der Waals surface area contributed by atoms with Crippen LogP contribution in [-0.2, 0) is 9.59 Å². The van der Waals surface area contributed by atoms with E-state index in [2.05, 4.69) is 0 Å². The van der Waals surface area contributed by atoms with Gasteiger partial charge in [-0.1, -0.05) is 13.8 Å². The van der Waals surface area contributed by atoms with E-state index in [0.717, 1.165) is 0 Å². The van der Waals surface area contributed by atoms with Crippen molar-refractivity contribution < 1.29 is 19.8 Å². The maximum Gasteiger partial charge on any atom is 0.0451 e. The molecule has 0 rings (SSSR count). The molecule has 64 valence electrons. The summed E-state index contributed by atoms with van der Waals surface area (Å²) >= 11 is 0. The Bertz CT molecular complexity index is 162. The summed E-state index contributed by atoms with van der Waals surface area (Å²) in [5, 5.41) is 20.3. The van der Waals surface area contributed by atoms with Crippen molar-refractivity contribution >= 4 is 11.9 Å². The maximum absolute atomic E-state index is 10.3. The largest absolute Gasteiger partial charge is 0.550 e. The first-order chi connectivity index (χ1) is 4.95. The fraction of sp³-hybridized carbons (Fsp3) is 0.714. The highest BCUT2D eigenvalue weighted by atomic mass is 16.4. The normalized spacial score (nSPS) is 13.0. The van der Waals surface area contributed by atoms with Crippen molar-refractivity contribution in [2.24, 2.45) is 11.8 Å². The molecular weight excluding hydrogens is 148 g/mol. The SMILES string of the molecule is CC(C)C(CC(=O)[O-])C(=O)[O-]. The molecule has 0 fully saturated rings. The van der Waals surface area contributed by atoms with Gasteiger partial charge in [-0.15, -0.1) is 0 Å². The molecule has 1 atom stereocenters. The van der Waals surface area contributed by atoms with Gasteiger partial charge in [0, 0.05) is 17.9 Å². The molecule has 0 aliphatic rings. The molecule has 4 heteroatoms. The second kappa shape index (κ2) is 3.95. The van der Waals surface area contributed by atoms with E-state index in [1.54, 1.807) is 13.8 Å². The number of hydrogen-bond donors (Lipinski definition) is 0. The first-order valence-corrected chi connectivity index (χ1v) is 3.36. The summed E-state index contributed by atoms with van der Waals surface area (Å²) in [6.07, 6.45) is -0.472. The molecule has 0 aliphatic heterocycles. The molecular formula is C7H10O4-2. The lowest BCUT2D eigenvalue weighted by molar-refractivity contribution is -0.322. The smallest absolute Gasteiger partial charge is 0.0451 e. The van der Waals surface area contributed by atoms with Crippen molar-refractivity contribution in [3.05, 3.63) is 0 Å². The second-order valence-corrected chi connectivity index (χ2v) is 2.75. The lowest BCUT2D eigenvalue weighted by atomic mass is 9.93. The average Bonchev–Trinajstić information content (AvgIpc) is 1.81. The molecule has 0 aliphatic carbocycles. The molecule has 0 radical (unpaired) electrons. The Kier molecular flexibility index (Phi) is 3.57. The van der Waals surface area contributed by atoms with E-state index < -0.39 is 24.3 Å². The van der Waals surface area contributed by atoms with E-state index in [0.29, 0.717) is 0 Å². The van der Waals surface area contributed by atoms with E-state index in [1.807, 2.05) is 0 Å². The van der Waals surface area contributed by atoms with Crippen LogP contribution in [0.3, 0.4) is 0 Å². The zero-order valence-corrected chi connectivity index (χ0v) is 6.49. The Morgan fingerprint density at radius 2 is 1.73 bits per heavy atom. The highest BCUT2D eigenvalue weighted by Gasteiger charge is 2.14. The molecule has 0 saturated carbocycles. The molecule has 11 heavy (non-hydrogen) atoms. The standard InChI is InChI=1S/C7H12O4/c1-4(2)5(7(10)11)3-6(8)9/h4-5H,3H2,1-2H3,(H,8,9)(H,10,11)/p-2. The fourth-order valence-electron chi connectivity index (χ4n) is 0.771. The Labute approximate surface area is 64.8 Å². The Hall–Kier alpha value is -1.06. The minimum absolute atomic E-state index is 0.238. The summed E-state index contributed by atoms with van der Waals surface area (Å²) in [7, 11) is 0. The molecule has 1 unspecified atom stereocenters. The zero-order valence-electron chi connectivity index (χ0n) is 6.49. The summed E-state index contributed by atoms with van der Waals surface area (Å²) in [6.45, 7) is 3.26. The number of carboxylic acids is 2. The van der Waals surface area contributed by atoms with E-state index >= 15 is 0 Å². The van der Waals surface area contributed by atoms with Gasteiger partial charge in [-0.2, -0.15) is 0 Å². The minimum atomic E-state index is -1.35. The van der Waals surface area contributed by atoms with Crippen LogP contribution in [0, 0.1) is 11.8 Å². The third kappa shape index (κ3) is 3.60. The van der Waals surface area contributed by atoms with Gasteiger partial charge in [0.25, 0.3) is 0 Å². The van der Waals surface area contributed by atoms with Crippen LogP contribution in [0.2, 0.25) is 0 Å². The van der Waals surface area contributed by atoms with Gasteiger partial charge in [0.05, 0.1) is 0 Å². The summed E-state index contributed by atoms with van der Waals surface area (Å²) in [5.74, 6) is -3.87. The molecule has 0 aromatic carbocycles. The summed E-state index contributed by atoms with van der Waals surface area (Å²) < 4.78 is 0. The van der Waals surface area contributed by atoms with Gasteiger partial charge < -0.3 is 19.8 Å². The van der Waals surface area contributed by atoms with Crippen LogP contribution in [0.4, 0.5) is 0 Å². The van der Waals surface area contributed by atoms with Crippen molar-refractivity contribution in [1.29, 1.82) is 0 Å². The van der Waals surface area contributed by atoms with Gasteiger partial charge in [0.2, 0.25) is 0 Å². The number of rotatable bonds is 4. The third-order valence-electron chi connectivity index (χ3n) is 1.49. The predicted octanol–water partition coefficient (Wildman–Crippen LogP) is -1.85. The number of hydrogen-bond acceptors (Lipinski definition) is 4. The predicted molar refractivity (Wildman–Crippen MR) is 33.0 cm³/mol. The van der Waals surface area contributed by atoms with Crippen molar-refractivity contribution in [2.45, 2.75) is 20.3 Å². The summed E-state index contributed by atoms with van der Waals surface area (Å²) in [6, 6.07) is 0. The minimum Gasteiger partial charge on any atom is -0.550 e. The van der Waals surface area contributed by atoms with Crippen molar-refractivity contribution in [3.63, 3.8) is 0 Å². The highest BCUT2D eigenvalue weighted by molar-refractivity contribution is 5.75. The molecule has 0 amide bonds. The lowest BCUT2D eigenvalue weighted by Crippen LogP contribution is -2.38. The first-order valence-electron chi connectivity index (χ1n) is 3.36. The molecule has 0 spiro atoms. The van der Waals surface area contributed by atoms with Crippen molar-refractivity contribution in [1.82, 2.24) is 0 Å². The fourth-order valence-corrected chi connectivity index (χ4v) is 0.771. The van der Waals surface area contributed by atoms with Crippen LogP contribution < -0.4 is 10.2 Å². The van der Waals surface area contributed by atoms with Gasteiger partial charge in [0.1, 0.15) is 0 Å². The van der Waals surface area contributed by atoms with Crippen molar-refractivity contribution in [3.8, 4) is 0 Å². The lowest BCUT2D eigenvalue weighted by Gasteiger charge is -2.21. The Balaban J connectivity index is 4.12. The van der Waals surface area contributed by atoms with E-state index in [9.17, 15) is 19.8 Å². The molecule has 0 bridgehead atoms. The van der Waals surface area contributed by atoms with Crippen LogP contribution >= 0.6 is 0 Å². The first kappa shape index (κ1) is 9.94. The van der Waals surface area contributed by atoms with Gasteiger partial charge in [-0.05, 0) is 12.3 Å². The molecule has 0 saturated heterocycles. The second-order valence-electron chi connectivity index (χ2n) is 2.75. The molecule has 0 aromatic rings. The maximum atomic E-state index is 10.3. The highest BCUT2D eigenvalue weighted by Crippen LogP contribution is 2.13. The Morgan fingerprint density at radius 1 is 1.27 bits per heavy atom. The number of carbonyl (C=O) groups excluding carboxylic acids is 2. The summed E-state index contributed by atoms with van der Waals surface area (Å²) in [5.41, 5.74) is 0. The zero-order chi connectivity index (χ0) is 9.02. The van der Waals surface area contributed by atoms with E-state index in [1.165, 1.54) is 0 Å². The number of carbonyl (C=O) groups is 2. The van der Waals surface area contributed by atoms with E-state index in [4.69, 9.17) is 0 Å². The van der Waals surface area contributed by atoms with Gasteiger partial charge in [-0.25, -0.2) is 0 Å². The molecule has 0 heterocycles. The van der Waals surface area contributed by atoms with Crippen LogP contribution in [0.1, 0.15) is 20.3 Å².